The molecule has 2 fully saturated rings. The van der Waals surface area contributed by atoms with E-state index in [1.807, 2.05) is 26.0 Å². The number of hydrogen-bond acceptors (Lipinski definition) is 8. The topological polar surface area (TPSA) is 195 Å². The van der Waals surface area contributed by atoms with Gasteiger partial charge in [0.25, 0.3) is 0 Å². The Kier molecular flexibility index (Phi) is 16.6. The van der Waals surface area contributed by atoms with Crippen LogP contribution in [0.4, 0.5) is 9.59 Å². The molecule has 364 valence electrons. The maximum atomic E-state index is 13.7. The molecule has 2 aliphatic carbocycles. The van der Waals surface area contributed by atoms with Crippen LogP contribution in [0.25, 0.3) is 21.8 Å². The van der Waals surface area contributed by atoms with Crippen molar-refractivity contribution in [3.8, 4) is 0 Å². The normalized spacial score (nSPS) is 21.5. The minimum absolute atomic E-state index is 0.120. The Hall–Kier alpha value is -6.26. The van der Waals surface area contributed by atoms with Crippen molar-refractivity contribution in [2.45, 2.75) is 90.1 Å². The lowest BCUT2D eigenvalue weighted by Gasteiger charge is -2.47. The van der Waals surface area contributed by atoms with E-state index < -0.39 is 0 Å². The number of imide groups is 2. The van der Waals surface area contributed by atoms with Gasteiger partial charge in [-0.15, -0.1) is 13.2 Å². The average molecular weight is 931 g/mol. The highest BCUT2D eigenvalue weighted by Gasteiger charge is 2.45. The molecule has 2 aromatic heterocycles. The maximum absolute atomic E-state index is 13.7. The van der Waals surface area contributed by atoms with Crippen molar-refractivity contribution in [2.24, 2.45) is 11.8 Å². The van der Waals surface area contributed by atoms with Crippen molar-refractivity contribution in [1.29, 1.82) is 0 Å². The molecule has 4 heterocycles. The number of aromatic nitrogens is 2. The van der Waals surface area contributed by atoms with E-state index in [0.29, 0.717) is 90.1 Å². The van der Waals surface area contributed by atoms with Crippen LogP contribution >= 0.6 is 0 Å². The van der Waals surface area contributed by atoms with Crippen LogP contribution in [0.1, 0.15) is 87.5 Å². The van der Waals surface area contributed by atoms with Gasteiger partial charge in [-0.1, -0.05) is 36.4 Å². The highest BCUT2D eigenvalue weighted by Crippen LogP contribution is 2.46. The number of hydrogen-bond donors (Lipinski definition) is 6. The van der Waals surface area contributed by atoms with E-state index in [4.69, 9.17) is 0 Å². The van der Waals surface area contributed by atoms with Gasteiger partial charge >= 0.3 is 12.1 Å². The fourth-order valence-electron chi connectivity index (χ4n) is 11.3. The minimum atomic E-state index is -0.369. The van der Waals surface area contributed by atoms with E-state index in [0.717, 1.165) is 23.9 Å². The van der Waals surface area contributed by atoms with Gasteiger partial charge in [-0.05, 0) is 86.8 Å². The van der Waals surface area contributed by atoms with Crippen LogP contribution < -0.4 is 21.3 Å². The highest BCUT2D eigenvalue weighted by molar-refractivity contribution is 5.97. The summed E-state index contributed by atoms with van der Waals surface area (Å²) in [4.78, 5) is 89.6. The first-order chi connectivity index (χ1) is 32.9. The van der Waals surface area contributed by atoms with Crippen molar-refractivity contribution in [2.75, 3.05) is 65.4 Å². The number of piperidine rings is 2. The molecule has 0 unspecified atom stereocenters. The summed E-state index contributed by atoms with van der Waals surface area (Å²) in [6, 6.07) is 12.6. The molecule has 16 heteroatoms. The number of nitrogens with one attached hydrogen (secondary N) is 6. The summed E-state index contributed by atoms with van der Waals surface area (Å²) in [5.41, 5.74) is 7.49. The first-order valence-electron chi connectivity index (χ1n) is 24.4. The zero-order valence-electron chi connectivity index (χ0n) is 40.2. The molecule has 0 saturated carbocycles. The number of carbonyl (C=O) groups excluding carboxylic acids is 6. The number of carbonyl (C=O) groups is 6. The quantitative estimate of drug-likeness (QED) is 0.0623. The Labute approximate surface area is 399 Å². The Morgan fingerprint density at radius 2 is 1.06 bits per heavy atom. The Morgan fingerprint density at radius 1 is 0.647 bits per heavy atom. The number of rotatable bonds is 16. The smallest absolute Gasteiger partial charge is 0.324 e. The first kappa shape index (κ1) is 49.6. The monoisotopic (exact) mass is 931 g/mol. The van der Waals surface area contributed by atoms with E-state index in [1.165, 1.54) is 56.7 Å². The van der Waals surface area contributed by atoms with Crippen molar-refractivity contribution < 1.29 is 28.8 Å². The fraction of sp³-hybridized carbons (Fsp3) is 0.500. The molecule has 4 aliphatic rings. The molecule has 8 amide bonds. The summed E-state index contributed by atoms with van der Waals surface area (Å²) in [6.45, 7) is 19.4. The third kappa shape index (κ3) is 10.9. The number of benzene rings is 2. The molecule has 2 aromatic carbocycles. The first-order valence-corrected chi connectivity index (χ1v) is 24.4. The van der Waals surface area contributed by atoms with E-state index in [2.05, 4.69) is 103 Å². The molecule has 2 saturated heterocycles. The summed E-state index contributed by atoms with van der Waals surface area (Å²) in [5.74, 6) is -0.688. The van der Waals surface area contributed by atoms with Crippen LogP contribution in [0.3, 0.4) is 0 Å². The van der Waals surface area contributed by atoms with Gasteiger partial charge in [0.1, 0.15) is 0 Å². The number of fused-ring (bicyclic) bond motifs is 4. The van der Waals surface area contributed by atoms with Gasteiger partial charge < -0.3 is 31.2 Å². The van der Waals surface area contributed by atoms with Crippen LogP contribution in [0.15, 0.2) is 74.1 Å². The second-order valence-corrected chi connectivity index (χ2v) is 18.6. The second kappa shape index (κ2) is 22.7. The second-order valence-electron chi connectivity index (χ2n) is 18.6. The predicted molar refractivity (Wildman–Crippen MR) is 265 cm³/mol. The number of urea groups is 2. The predicted octanol–water partition coefficient (Wildman–Crippen LogP) is 5.54. The Balaban J connectivity index is 0.000000201. The number of likely N-dealkylation sites (tertiary alicyclic amines) is 2. The number of H-pyrrole nitrogens is 2. The third-order valence-corrected chi connectivity index (χ3v) is 14.1. The Bertz CT molecular complexity index is 2330. The lowest BCUT2D eigenvalue weighted by molar-refractivity contribution is -0.136. The van der Waals surface area contributed by atoms with Gasteiger partial charge in [-0.2, -0.15) is 0 Å². The number of amides is 8. The molecule has 8 rings (SSSR count). The molecular formula is C52H70N10O6. The molecule has 0 radical (unpaired) electrons. The summed E-state index contributed by atoms with van der Waals surface area (Å²) in [6.07, 6.45) is 12.3. The van der Waals surface area contributed by atoms with Crippen LogP contribution in [-0.2, 0) is 32.0 Å². The molecule has 0 bridgehead atoms. The van der Waals surface area contributed by atoms with E-state index >= 15 is 0 Å². The fourth-order valence-corrected chi connectivity index (χ4v) is 11.3. The molecule has 16 nitrogen and oxygen atoms in total. The van der Waals surface area contributed by atoms with Crippen molar-refractivity contribution >= 4 is 57.5 Å². The summed E-state index contributed by atoms with van der Waals surface area (Å²) in [5, 5.41) is 13.6. The molecule has 4 aromatic rings. The highest BCUT2D eigenvalue weighted by atomic mass is 16.2. The van der Waals surface area contributed by atoms with Gasteiger partial charge in [0.05, 0.1) is 11.8 Å². The molecule has 6 atom stereocenters. The molecule has 0 spiro atoms. The van der Waals surface area contributed by atoms with E-state index in [-0.39, 0.29) is 72.5 Å². The molecular weight excluding hydrogens is 861 g/mol. The van der Waals surface area contributed by atoms with Gasteiger partial charge in [0, 0.05) is 137 Å². The van der Waals surface area contributed by atoms with Gasteiger partial charge in [0.2, 0.25) is 23.6 Å². The minimum Gasteiger partial charge on any atom is -0.361 e. The standard InChI is InChI=1S/2C26H35N5O3/c2*1-4-11-30-16-19(25(33)31(26(34)27-5-2)12-7-10-28-17(3)32)13-21-20-8-6-9-22-24(20)18(15-29-22)14-23(21)30/h2*4,6,8-9,15,19,21,23,29H,1,5,7,10-14,16H2,2-3H3,(H,27,34)(H,28,32)/t2*19-,21-,23-/m11/s1. The third-order valence-electron chi connectivity index (χ3n) is 14.1. The van der Waals surface area contributed by atoms with Gasteiger partial charge in [-0.25, -0.2) is 9.59 Å². The largest absolute Gasteiger partial charge is 0.361 e. The molecule has 2 aliphatic heterocycles. The summed E-state index contributed by atoms with van der Waals surface area (Å²) >= 11 is 0. The average Bonchev–Trinajstić information content (AvgIpc) is 3.94. The zero-order valence-corrected chi connectivity index (χ0v) is 40.2. The zero-order chi connectivity index (χ0) is 48.5. The number of nitrogens with zero attached hydrogens (tertiary/aromatic N) is 4. The molecule has 6 N–H and O–H groups in total. The molecule has 68 heavy (non-hydrogen) atoms. The SMILES string of the molecule is C=CCN1C[C@H](C(=O)N(CCCNC(C)=O)C(=O)NCC)C[C@@H]2c3cccc4[nH]cc(c34)C[C@H]21.C=CCN1C[C@H](C(=O)N(CCCNC(C)=O)C(=O)NCC)C[C@@H]2c3cccc4[nH]cc(c34)C[C@H]21. The van der Waals surface area contributed by atoms with Crippen LogP contribution in [-0.4, -0.2) is 143 Å². The summed E-state index contributed by atoms with van der Waals surface area (Å²) < 4.78 is 0. The van der Waals surface area contributed by atoms with E-state index in [1.54, 1.807) is 0 Å². The Morgan fingerprint density at radius 3 is 1.43 bits per heavy atom. The number of aromatic amines is 2. The van der Waals surface area contributed by atoms with Crippen LogP contribution in [0, 0.1) is 11.8 Å². The van der Waals surface area contributed by atoms with Crippen molar-refractivity contribution in [3.05, 3.63) is 96.4 Å². The lowest BCUT2D eigenvalue weighted by atomic mass is 9.72. The summed E-state index contributed by atoms with van der Waals surface area (Å²) in [7, 11) is 0. The van der Waals surface area contributed by atoms with Gasteiger partial charge in [0.15, 0.2) is 0 Å². The van der Waals surface area contributed by atoms with Crippen LogP contribution in [0.2, 0.25) is 0 Å². The van der Waals surface area contributed by atoms with Crippen molar-refractivity contribution in [1.82, 2.24) is 50.8 Å². The van der Waals surface area contributed by atoms with E-state index in [9.17, 15) is 28.8 Å². The van der Waals surface area contributed by atoms with Gasteiger partial charge in [-0.3, -0.25) is 38.8 Å². The van der Waals surface area contributed by atoms with Crippen LogP contribution in [0.5, 0.6) is 0 Å². The lowest BCUT2D eigenvalue weighted by Crippen LogP contribution is -2.55. The maximum Gasteiger partial charge on any atom is 0.324 e. The van der Waals surface area contributed by atoms with Crippen molar-refractivity contribution in [3.63, 3.8) is 0 Å².